The number of alkyl halides is 3. The molecule has 0 spiro atoms. The highest BCUT2D eigenvalue weighted by Gasteiger charge is 2.63. The molecule has 2 heterocycles. The van der Waals surface area contributed by atoms with Gasteiger partial charge in [-0.25, -0.2) is 0 Å². The molecule has 1 aliphatic heterocycles. The summed E-state index contributed by atoms with van der Waals surface area (Å²) in [6.45, 7) is 1.51. The number of carbonyl (C=O) groups is 1. The summed E-state index contributed by atoms with van der Waals surface area (Å²) in [7, 11) is 1.27. The molecule has 1 aliphatic rings. The lowest BCUT2D eigenvalue weighted by molar-refractivity contribution is -0.385. The van der Waals surface area contributed by atoms with Gasteiger partial charge in [-0.2, -0.15) is 28.4 Å². The second-order valence-electron chi connectivity index (χ2n) is 4.92. The summed E-state index contributed by atoms with van der Waals surface area (Å²) in [4.78, 5) is 22.2. The highest BCUT2D eigenvalue weighted by Crippen LogP contribution is 2.41. The lowest BCUT2D eigenvalue weighted by atomic mass is 10.0. The van der Waals surface area contributed by atoms with Gasteiger partial charge in [0, 0.05) is 19.2 Å². The van der Waals surface area contributed by atoms with Gasteiger partial charge in [0.1, 0.15) is 6.20 Å². The molecular formula is C11H12F3N5O4. The Morgan fingerprint density at radius 1 is 1.57 bits per heavy atom. The molecule has 0 aromatic carbocycles. The molecule has 1 atom stereocenters. The molecule has 0 fully saturated rings. The highest BCUT2D eigenvalue weighted by molar-refractivity contribution is 5.99. The van der Waals surface area contributed by atoms with Gasteiger partial charge in [0.15, 0.2) is 0 Å². The van der Waals surface area contributed by atoms with E-state index in [0.717, 1.165) is 10.9 Å². The molecule has 2 rings (SSSR count). The van der Waals surface area contributed by atoms with E-state index in [-0.39, 0.29) is 17.1 Å². The number of halogens is 3. The number of aromatic nitrogens is 2. The molecule has 12 heteroatoms. The average Bonchev–Trinajstić information content (AvgIpc) is 2.99. The maximum Gasteiger partial charge on any atom is 0.438 e. The molecule has 1 N–H and O–H groups in total. The number of aryl methyl sites for hydroxylation is 1. The van der Waals surface area contributed by atoms with Crippen molar-refractivity contribution >= 4 is 17.3 Å². The van der Waals surface area contributed by atoms with E-state index in [1.165, 1.54) is 14.0 Å². The number of nitrogens with zero attached hydrogens (tertiary/aromatic N) is 5. The summed E-state index contributed by atoms with van der Waals surface area (Å²) in [5.74, 6) is -1.50. The molecule has 0 bridgehead atoms. The van der Waals surface area contributed by atoms with Crippen molar-refractivity contribution in [1.82, 2.24) is 14.8 Å². The zero-order valence-electron chi connectivity index (χ0n) is 12.0. The van der Waals surface area contributed by atoms with Gasteiger partial charge in [-0.1, -0.05) is 6.92 Å². The Morgan fingerprint density at radius 2 is 2.17 bits per heavy atom. The minimum atomic E-state index is -5.19. The number of carbonyl (C=O) groups excluding carboxylic acids is 1. The molecule has 0 aliphatic carbocycles. The fourth-order valence-corrected chi connectivity index (χ4v) is 2.11. The first-order valence-electron chi connectivity index (χ1n) is 6.39. The van der Waals surface area contributed by atoms with Gasteiger partial charge in [-0.15, -0.1) is 0 Å². The van der Waals surface area contributed by atoms with E-state index in [1.807, 2.05) is 0 Å². The molecular weight excluding hydrogens is 323 g/mol. The molecule has 1 aromatic heterocycles. The van der Waals surface area contributed by atoms with Crippen LogP contribution >= 0.6 is 0 Å². The van der Waals surface area contributed by atoms with Gasteiger partial charge >= 0.3 is 17.8 Å². The topological polar surface area (TPSA) is 114 Å². The summed E-state index contributed by atoms with van der Waals surface area (Å²) in [5, 5.41) is 27.6. The average molecular weight is 335 g/mol. The van der Waals surface area contributed by atoms with Crippen molar-refractivity contribution in [3.05, 3.63) is 22.0 Å². The number of hydrogen-bond donors (Lipinski definition) is 1. The van der Waals surface area contributed by atoms with Gasteiger partial charge in [0.05, 0.1) is 4.92 Å². The first-order chi connectivity index (χ1) is 10.5. The van der Waals surface area contributed by atoms with E-state index >= 15 is 0 Å². The normalized spacial score (nSPS) is 21.5. The van der Waals surface area contributed by atoms with E-state index in [4.69, 9.17) is 0 Å². The van der Waals surface area contributed by atoms with Gasteiger partial charge < -0.3 is 5.11 Å². The first kappa shape index (κ1) is 16.9. The van der Waals surface area contributed by atoms with Gasteiger partial charge in [-0.3, -0.25) is 19.6 Å². The Kier molecular flexibility index (Phi) is 3.88. The Bertz CT molecular complexity index is 698. The van der Waals surface area contributed by atoms with Gasteiger partial charge in [-0.05, 0) is 6.42 Å². The third-order valence-corrected chi connectivity index (χ3v) is 3.31. The van der Waals surface area contributed by atoms with Crippen LogP contribution in [0.15, 0.2) is 11.3 Å². The second-order valence-corrected chi connectivity index (χ2v) is 4.92. The standard InChI is InChI=1S/C11H12F3N5O4/c1-3-6-4-10(21,11(12,13)14)18(15-6)9(20)8-7(19(22)23)5-17(2)16-8/h5,21H,3-4H2,1-2H3. The molecule has 23 heavy (non-hydrogen) atoms. The minimum Gasteiger partial charge on any atom is -0.362 e. The van der Waals surface area contributed by atoms with Gasteiger partial charge in [0.2, 0.25) is 5.69 Å². The molecule has 0 radical (unpaired) electrons. The van der Waals surface area contributed by atoms with Crippen molar-refractivity contribution in [3.8, 4) is 0 Å². The van der Waals surface area contributed by atoms with Crippen LogP contribution in [0.3, 0.4) is 0 Å². The number of amides is 1. The van der Waals surface area contributed by atoms with Crippen molar-refractivity contribution in [1.29, 1.82) is 0 Å². The van der Waals surface area contributed by atoms with Crippen molar-refractivity contribution in [2.75, 3.05) is 0 Å². The predicted molar refractivity (Wildman–Crippen MR) is 69.4 cm³/mol. The SMILES string of the molecule is CCC1=NN(C(=O)c2nn(C)cc2[N+](=O)[O-])C(O)(C(F)(F)F)C1. The smallest absolute Gasteiger partial charge is 0.362 e. The number of rotatable bonds is 3. The first-order valence-corrected chi connectivity index (χ1v) is 6.39. The van der Waals surface area contributed by atoms with E-state index in [2.05, 4.69) is 10.2 Å². The van der Waals surface area contributed by atoms with E-state index in [0.29, 0.717) is 0 Å². The molecule has 0 saturated heterocycles. The zero-order chi connectivity index (χ0) is 17.6. The second kappa shape index (κ2) is 5.30. The Hall–Kier alpha value is -2.50. The third-order valence-electron chi connectivity index (χ3n) is 3.31. The van der Waals surface area contributed by atoms with Gasteiger partial charge in [0.25, 0.3) is 5.72 Å². The van der Waals surface area contributed by atoms with Crippen molar-refractivity contribution in [3.63, 3.8) is 0 Å². The fourth-order valence-electron chi connectivity index (χ4n) is 2.11. The number of hydrogen-bond acceptors (Lipinski definition) is 6. The Morgan fingerprint density at radius 3 is 2.65 bits per heavy atom. The summed E-state index contributed by atoms with van der Waals surface area (Å²) in [5.41, 5.74) is -5.22. The number of nitro groups is 1. The summed E-state index contributed by atoms with van der Waals surface area (Å²) < 4.78 is 40.4. The zero-order valence-corrected chi connectivity index (χ0v) is 12.0. The third kappa shape index (κ3) is 2.65. The predicted octanol–water partition coefficient (Wildman–Crippen LogP) is 1.19. The summed E-state index contributed by atoms with van der Waals surface area (Å²) in [6.07, 6.45) is -5.15. The van der Waals surface area contributed by atoms with Crippen molar-refractivity contribution in [2.24, 2.45) is 12.1 Å². The van der Waals surface area contributed by atoms with Crippen molar-refractivity contribution < 1.29 is 28.0 Å². The van der Waals surface area contributed by atoms with Crippen LogP contribution in [0.5, 0.6) is 0 Å². The van der Waals surface area contributed by atoms with Crippen LogP contribution in [0, 0.1) is 10.1 Å². The van der Waals surface area contributed by atoms with Crippen LogP contribution in [-0.2, 0) is 7.05 Å². The largest absolute Gasteiger partial charge is 0.438 e. The summed E-state index contributed by atoms with van der Waals surface area (Å²) >= 11 is 0. The summed E-state index contributed by atoms with van der Waals surface area (Å²) in [6, 6.07) is 0. The maximum atomic E-state index is 13.2. The molecule has 9 nitrogen and oxygen atoms in total. The van der Waals surface area contributed by atoms with Crippen molar-refractivity contribution in [2.45, 2.75) is 31.7 Å². The Labute approximate surface area is 127 Å². The molecule has 0 saturated carbocycles. The minimum absolute atomic E-state index is 0.0586. The van der Waals surface area contributed by atoms with Crippen LogP contribution < -0.4 is 0 Å². The van der Waals surface area contributed by atoms with Crippen LogP contribution in [-0.4, -0.2) is 48.3 Å². The number of hydrazone groups is 1. The molecule has 126 valence electrons. The monoisotopic (exact) mass is 335 g/mol. The Balaban J connectivity index is 2.52. The van der Waals surface area contributed by atoms with Crippen LogP contribution in [0.1, 0.15) is 30.3 Å². The van der Waals surface area contributed by atoms with E-state index < -0.39 is 40.5 Å². The van der Waals surface area contributed by atoms with Crippen LogP contribution in [0.2, 0.25) is 0 Å². The van der Waals surface area contributed by atoms with E-state index in [9.17, 15) is 33.2 Å². The fraction of sp³-hybridized carbons (Fsp3) is 0.545. The molecule has 1 amide bonds. The van der Waals surface area contributed by atoms with E-state index in [1.54, 1.807) is 0 Å². The number of aliphatic hydroxyl groups is 1. The lowest BCUT2D eigenvalue weighted by Gasteiger charge is -2.32. The molecule has 1 aromatic rings. The maximum absolute atomic E-state index is 13.2. The van der Waals surface area contributed by atoms with Crippen LogP contribution in [0.25, 0.3) is 0 Å². The highest BCUT2D eigenvalue weighted by atomic mass is 19.4. The van der Waals surface area contributed by atoms with Crippen LogP contribution in [0.4, 0.5) is 18.9 Å². The lowest BCUT2D eigenvalue weighted by Crippen LogP contribution is -2.56. The molecule has 1 unspecified atom stereocenters. The quantitative estimate of drug-likeness (QED) is 0.658.